The molecule has 0 bridgehead atoms. The Hall–Kier alpha value is -7.74. The summed E-state index contributed by atoms with van der Waals surface area (Å²) in [5.74, 6) is -0.243. The van der Waals surface area contributed by atoms with Crippen LogP contribution in [0.5, 0.6) is 17.2 Å². The van der Waals surface area contributed by atoms with Gasteiger partial charge in [0.05, 0.1) is 45.4 Å². The fourth-order valence-corrected chi connectivity index (χ4v) is 12.2. The number of halogens is 1. The number of thiazole rings is 1. The number of methoxy groups -OCH3 is 1. The number of carbonyl (C=O) groups is 5. The molecule has 2 aliphatic heterocycles. The highest BCUT2D eigenvalue weighted by atomic mass is 32.1. The number of nitrogens with one attached hydrogen (secondary N) is 4. The van der Waals surface area contributed by atoms with Crippen molar-refractivity contribution in [1.29, 1.82) is 0 Å². The number of fused-ring (bicyclic) bond motifs is 1. The van der Waals surface area contributed by atoms with Gasteiger partial charge in [0.2, 0.25) is 23.6 Å². The third kappa shape index (κ3) is 12.3. The van der Waals surface area contributed by atoms with Crippen molar-refractivity contribution in [3.05, 3.63) is 142 Å². The molecular formula is C60H63FN8O8S2. The standard InChI is InChI=1S/C60H63FN8O8S2/c1-35-52(78-34-64-35)38-8-6-37(7-9-38)32-63-54(71)48-29-42(70)33-69(48)56(73)53(59(2,3)4)67-55(72)51-19-18-44(79-51)28-36-21-26-68(27-22-36)47-31-46-45(30-50(47)76-5)49(20-25-62-46)77-43-16-14-41(15-17-43)66-58(75)60(23-24-60)57(74)65-40-12-10-39(61)11-13-40/h6-20,25,30-31,34,36,42,48,53,70H,21-24,26-29,32-33H2,1-5H3,(H,63,71)(H,65,74)(H,66,75)(H,67,72)/t42-,48+,53-/m1/s1. The summed E-state index contributed by atoms with van der Waals surface area (Å²) in [6.45, 7) is 9.41. The number of amides is 5. The van der Waals surface area contributed by atoms with Crippen LogP contribution < -0.4 is 35.6 Å². The molecule has 3 aromatic heterocycles. The van der Waals surface area contributed by atoms with Crippen LogP contribution in [0.15, 0.2) is 115 Å². The van der Waals surface area contributed by atoms with Gasteiger partial charge in [0.15, 0.2) is 0 Å². The van der Waals surface area contributed by atoms with Crippen molar-refractivity contribution >= 4 is 80.2 Å². The Morgan fingerprint density at radius 2 is 1.54 bits per heavy atom. The topological polar surface area (TPSA) is 204 Å². The lowest BCUT2D eigenvalue weighted by atomic mass is 9.85. The number of hydrogen-bond donors (Lipinski definition) is 5. The first kappa shape index (κ1) is 54.6. The van der Waals surface area contributed by atoms with Crippen LogP contribution in [0.25, 0.3) is 21.3 Å². The molecule has 4 aromatic carbocycles. The van der Waals surface area contributed by atoms with E-state index in [0.29, 0.717) is 52.3 Å². The van der Waals surface area contributed by atoms with Crippen LogP contribution in [0, 0.1) is 29.5 Å². The van der Waals surface area contributed by atoms with Crippen molar-refractivity contribution in [3.8, 4) is 27.7 Å². The molecule has 5 heterocycles. The van der Waals surface area contributed by atoms with Crippen LogP contribution in [0.3, 0.4) is 0 Å². The average molecular weight is 1110 g/mol. The number of hydrogen-bond acceptors (Lipinski definition) is 13. The van der Waals surface area contributed by atoms with Crippen LogP contribution in [0.2, 0.25) is 0 Å². The summed E-state index contributed by atoms with van der Waals surface area (Å²) >= 11 is 2.99. The van der Waals surface area contributed by atoms with E-state index in [9.17, 15) is 33.5 Å². The molecule has 1 saturated carbocycles. The number of piperidine rings is 1. The molecule has 5 amide bonds. The van der Waals surface area contributed by atoms with Crippen LogP contribution in [0.1, 0.15) is 78.7 Å². The average Bonchev–Trinajstić information content (AvgIpc) is 3.79. The third-order valence-electron chi connectivity index (χ3n) is 15.1. The van der Waals surface area contributed by atoms with E-state index in [2.05, 4.69) is 36.1 Å². The van der Waals surface area contributed by atoms with Gasteiger partial charge in [0.25, 0.3) is 5.91 Å². The van der Waals surface area contributed by atoms with E-state index in [-0.39, 0.29) is 31.3 Å². The van der Waals surface area contributed by atoms with Gasteiger partial charge in [-0.1, -0.05) is 45.0 Å². The summed E-state index contributed by atoms with van der Waals surface area (Å²) in [7, 11) is 1.64. The van der Waals surface area contributed by atoms with E-state index in [1.807, 2.05) is 81.7 Å². The number of aromatic nitrogens is 2. The molecule has 0 spiro atoms. The minimum Gasteiger partial charge on any atom is -0.495 e. The van der Waals surface area contributed by atoms with Crippen LogP contribution in [0.4, 0.5) is 21.5 Å². The molecule has 3 atom stereocenters. The van der Waals surface area contributed by atoms with Crippen molar-refractivity contribution in [1.82, 2.24) is 25.5 Å². The molecular weight excluding hydrogens is 1040 g/mol. The van der Waals surface area contributed by atoms with Crippen LogP contribution in [-0.2, 0) is 32.1 Å². The first-order valence-corrected chi connectivity index (χ1v) is 28.2. The van der Waals surface area contributed by atoms with Crippen molar-refractivity contribution in [2.24, 2.45) is 16.7 Å². The van der Waals surface area contributed by atoms with Crippen LogP contribution >= 0.6 is 22.7 Å². The maximum Gasteiger partial charge on any atom is 0.262 e. The fraction of sp³-hybridized carbons (Fsp3) is 0.350. The van der Waals surface area contributed by atoms with Gasteiger partial charge >= 0.3 is 0 Å². The highest BCUT2D eigenvalue weighted by Gasteiger charge is 2.56. The fourth-order valence-electron chi connectivity index (χ4n) is 10.3. The zero-order valence-electron chi connectivity index (χ0n) is 44.6. The molecule has 0 unspecified atom stereocenters. The summed E-state index contributed by atoms with van der Waals surface area (Å²) in [4.78, 5) is 83.6. The number of β-amino-alcohol motifs (C(OH)–C–C–N with tert-alkyl or cyclic N) is 1. The van der Waals surface area contributed by atoms with E-state index in [0.717, 1.165) is 75.5 Å². The second-order valence-electron chi connectivity index (χ2n) is 21.7. The second kappa shape index (κ2) is 22.9. The van der Waals surface area contributed by atoms with Crippen molar-refractivity contribution in [3.63, 3.8) is 0 Å². The lowest BCUT2D eigenvalue weighted by molar-refractivity contribution is -0.142. The minimum atomic E-state index is -1.19. The van der Waals surface area contributed by atoms with E-state index < -0.39 is 52.6 Å². The van der Waals surface area contributed by atoms with Crippen molar-refractivity contribution < 1.29 is 42.9 Å². The summed E-state index contributed by atoms with van der Waals surface area (Å²) in [6, 6.07) is 27.9. The SMILES string of the molecule is COc1cc2c(Oc3ccc(NC(=O)C4(C(=O)Nc5ccc(F)cc5)CC4)cc3)ccnc2cc1N1CCC(Cc2ccc(C(=O)N[C@H](C(=O)N3C[C@H](O)C[C@H]3C(=O)NCc3ccc(-c4scnc4C)cc3)C(C)(C)C)s2)CC1. The second-order valence-corrected chi connectivity index (χ2v) is 23.7. The Morgan fingerprint density at radius 1 is 0.861 bits per heavy atom. The molecule has 1 aliphatic carbocycles. The van der Waals surface area contributed by atoms with Gasteiger partial charge in [-0.05, 0) is 140 Å². The number of carbonyl (C=O) groups excluding carboxylic acids is 5. The molecule has 0 radical (unpaired) electrons. The molecule has 19 heteroatoms. The summed E-state index contributed by atoms with van der Waals surface area (Å²) in [5, 5.41) is 23.1. The quantitative estimate of drug-likeness (QED) is 0.0543. The Kier molecular flexibility index (Phi) is 15.8. The summed E-state index contributed by atoms with van der Waals surface area (Å²) in [5.41, 5.74) is 5.41. The number of anilines is 3. The number of aryl methyl sites for hydroxylation is 1. The molecule has 5 N–H and O–H groups in total. The highest BCUT2D eigenvalue weighted by molar-refractivity contribution is 7.14. The molecule has 2 saturated heterocycles. The monoisotopic (exact) mass is 1110 g/mol. The lowest BCUT2D eigenvalue weighted by Gasteiger charge is -2.35. The maximum atomic E-state index is 14.3. The first-order chi connectivity index (χ1) is 37.9. The number of rotatable bonds is 17. The molecule has 410 valence electrons. The van der Waals surface area contributed by atoms with Gasteiger partial charge < -0.3 is 45.6 Å². The Bertz CT molecular complexity index is 3390. The normalized spacial score (nSPS) is 17.5. The maximum absolute atomic E-state index is 14.3. The highest BCUT2D eigenvalue weighted by Crippen LogP contribution is 2.48. The zero-order valence-corrected chi connectivity index (χ0v) is 46.3. The number of benzene rings is 4. The summed E-state index contributed by atoms with van der Waals surface area (Å²) in [6.07, 6.45) is 4.36. The summed E-state index contributed by atoms with van der Waals surface area (Å²) < 4.78 is 25.7. The van der Waals surface area contributed by atoms with Crippen molar-refractivity contribution in [2.75, 3.05) is 42.3 Å². The van der Waals surface area contributed by atoms with Gasteiger partial charge in [0.1, 0.15) is 40.6 Å². The first-order valence-electron chi connectivity index (χ1n) is 26.5. The molecule has 3 aliphatic rings. The van der Waals surface area contributed by atoms with Gasteiger partial charge in [-0.25, -0.2) is 9.37 Å². The number of aliphatic hydroxyl groups excluding tert-OH is 1. The lowest BCUT2D eigenvalue weighted by Crippen LogP contribution is -2.57. The van der Waals surface area contributed by atoms with Gasteiger partial charge in [-0.15, -0.1) is 22.7 Å². The number of thiophene rings is 1. The Labute approximate surface area is 465 Å². The van der Waals surface area contributed by atoms with Crippen molar-refractivity contribution in [2.45, 2.75) is 91.0 Å². The number of likely N-dealkylation sites (tertiary alicyclic amines) is 1. The largest absolute Gasteiger partial charge is 0.495 e. The molecule has 10 rings (SSSR count). The number of aliphatic hydroxyl groups is 1. The van der Waals surface area contributed by atoms with Crippen LogP contribution in [-0.4, -0.2) is 94.4 Å². The predicted octanol–water partition coefficient (Wildman–Crippen LogP) is 9.91. The zero-order chi connectivity index (χ0) is 55.6. The third-order valence-corrected chi connectivity index (χ3v) is 17.2. The smallest absolute Gasteiger partial charge is 0.262 e. The van der Waals surface area contributed by atoms with E-state index >= 15 is 0 Å². The predicted molar refractivity (Wildman–Crippen MR) is 304 cm³/mol. The molecule has 79 heavy (non-hydrogen) atoms. The van der Waals surface area contributed by atoms with E-state index in [1.165, 1.54) is 40.5 Å². The Balaban J connectivity index is 0.717. The van der Waals surface area contributed by atoms with Gasteiger partial charge in [-0.2, -0.15) is 0 Å². The minimum absolute atomic E-state index is 0.0111. The van der Waals surface area contributed by atoms with Gasteiger partial charge in [-0.3, -0.25) is 29.0 Å². The van der Waals surface area contributed by atoms with E-state index in [1.54, 1.807) is 55.0 Å². The molecule has 3 fully saturated rings. The molecule has 16 nitrogen and oxygen atoms in total. The number of nitrogens with zero attached hydrogens (tertiary/aromatic N) is 4. The number of ether oxygens (including phenoxy) is 2. The Morgan fingerprint density at radius 3 is 2.18 bits per heavy atom. The molecule has 7 aromatic rings. The number of pyridine rings is 1. The van der Waals surface area contributed by atoms with Gasteiger partial charge in [0, 0.05) is 60.4 Å². The van der Waals surface area contributed by atoms with E-state index in [4.69, 9.17) is 9.47 Å².